The van der Waals surface area contributed by atoms with Crippen LogP contribution in [0, 0.1) is 5.41 Å². The van der Waals surface area contributed by atoms with Crippen LogP contribution in [0.1, 0.15) is 60.3 Å². The maximum atomic E-state index is 3.60. The average Bonchev–Trinajstić information content (AvgIpc) is 2.23. The van der Waals surface area contributed by atoms with Gasteiger partial charge in [0.1, 0.15) is 0 Å². The van der Waals surface area contributed by atoms with Gasteiger partial charge in [-0.1, -0.05) is 41.0 Å². The van der Waals surface area contributed by atoms with Crippen molar-refractivity contribution in [2.24, 2.45) is 5.41 Å². The Balaban J connectivity index is 2.37. The molecule has 102 valence electrons. The molecular formula is C15H32N2. The van der Waals surface area contributed by atoms with E-state index in [2.05, 4.69) is 44.8 Å². The molecule has 0 aromatic heterocycles. The number of piperidine rings is 1. The highest BCUT2D eigenvalue weighted by atomic mass is 15.2. The van der Waals surface area contributed by atoms with E-state index in [9.17, 15) is 0 Å². The fourth-order valence-electron chi connectivity index (χ4n) is 2.44. The van der Waals surface area contributed by atoms with Gasteiger partial charge < -0.3 is 5.32 Å². The topological polar surface area (TPSA) is 15.3 Å². The summed E-state index contributed by atoms with van der Waals surface area (Å²) in [5.74, 6) is 0. The quantitative estimate of drug-likeness (QED) is 0.793. The molecule has 1 rings (SSSR count). The van der Waals surface area contributed by atoms with Crippen molar-refractivity contribution in [1.82, 2.24) is 10.2 Å². The summed E-state index contributed by atoms with van der Waals surface area (Å²) in [5.41, 5.74) is 0.466. The molecule has 0 radical (unpaired) electrons. The average molecular weight is 240 g/mol. The Morgan fingerprint density at radius 1 is 1.24 bits per heavy atom. The second-order valence-electron chi connectivity index (χ2n) is 7.06. The molecule has 0 amide bonds. The summed E-state index contributed by atoms with van der Waals surface area (Å²) in [6, 6.07) is 1.38. The fourth-order valence-corrected chi connectivity index (χ4v) is 2.44. The van der Waals surface area contributed by atoms with Gasteiger partial charge in [-0.15, -0.1) is 0 Å². The maximum absolute atomic E-state index is 3.60. The van der Waals surface area contributed by atoms with Crippen LogP contribution in [0.25, 0.3) is 0 Å². The second-order valence-corrected chi connectivity index (χ2v) is 7.06. The van der Waals surface area contributed by atoms with Gasteiger partial charge in [-0.2, -0.15) is 0 Å². The molecule has 0 aliphatic carbocycles. The first-order valence-electron chi connectivity index (χ1n) is 7.36. The van der Waals surface area contributed by atoms with E-state index in [4.69, 9.17) is 0 Å². The lowest BCUT2D eigenvalue weighted by atomic mass is 9.91. The lowest BCUT2D eigenvalue weighted by Crippen LogP contribution is -2.47. The van der Waals surface area contributed by atoms with Gasteiger partial charge in [-0.25, -0.2) is 0 Å². The first-order valence-corrected chi connectivity index (χ1v) is 7.36. The highest BCUT2D eigenvalue weighted by molar-refractivity contribution is 4.80. The molecule has 1 saturated heterocycles. The lowest BCUT2D eigenvalue weighted by molar-refractivity contribution is 0.126. The number of nitrogens with zero attached hydrogens (tertiary/aromatic N) is 1. The molecular weight excluding hydrogens is 208 g/mol. The molecule has 1 aliphatic rings. The van der Waals surface area contributed by atoms with Crippen LogP contribution in [0.2, 0.25) is 0 Å². The van der Waals surface area contributed by atoms with Crippen LogP contribution >= 0.6 is 0 Å². The summed E-state index contributed by atoms with van der Waals surface area (Å²) in [5, 5.41) is 3.60. The Morgan fingerprint density at radius 2 is 1.94 bits per heavy atom. The van der Waals surface area contributed by atoms with E-state index in [0.29, 0.717) is 11.5 Å². The zero-order valence-corrected chi connectivity index (χ0v) is 12.6. The molecule has 0 aromatic rings. The highest BCUT2D eigenvalue weighted by Crippen LogP contribution is 2.22. The predicted octanol–water partition coefficient (Wildman–Crippen LogP) is 3.28. The number of hydrogen-bond donors (Lipinski definition) is 1. The third kappa shape index (κ3) is 6.42. The van der Waals surface area contributed by atoms with Crippen LogP contribution in [-0.2, 0) is 0 Å². The Labute approximate surface area is 108 Å². The zero-order chi connectivity index (χ0) is 12.9. The molecule has 0 spiro atoms. The van der Waals surface area contributed by atoms with Crippen LogP contribution in [0.3, 0.4) is 0 Å². The largest absolute Gasteiger partial charge is 0.313 e. The van der Waals surface area contributed by atoms with Gasteiger partial charge in [-0.05, 0) is 37.8 Å². The van der Waals surface area contributed by atoms with E-state index in [1.807, 2.05) is 0 Å². The van der Waals surface area contributed by atoms with E-state index < -0.39 is 0 Å². The molecule has 1 atom stereocenters. The summed E-state index contributed by atoms with van der Waals surface area (Å²) >= 11 is 0. The summed E-state index contributed by atoms with van der Waals surface area (Å²) in [4.78, 5) is 2.71. The molecule has 2 nitrogen and oxygen atoms in total. The third-order valence-electron chi connectivity index (χ3n) is 3.66. The first-order chi connectivity index (χ1) is 7.88. The molecule has 1 N–H and O–H groups in total. The SMILES string of the molecule is CC(C)NCC1CCCCN1CCC(C)(C)C. The normalized spacial score (nSPS) is 23.3. The van der Waals surface area contributed by atoms with Gasteiger partial charge >= 0.3 is 0 Å². The van der Waals surface area contributed by atoms with Gasteiger partial charge in [0.15, 0.2) is 0 Å². The van der Waals surface area contributed by atoms with Crippen molar-refractivity contribution in [2.75, 3.05) is 19.6 Å². The van der Waals surface area contributed by atoms with Crippen LogP contribution < -0.4 is 5.32 Å². The Bertz CT molecular complexity index is 205. The molecule has 2 heteroatoms. The fraction of sp³-hybridized carbons (Fsp3) is 1.00. The van der Waals surface area contributed by atoms with E-state index >= 15 is 0 Å². The van der Waals surface area contributed by atoms with Crippen LogP contribution in [-0.4, -0.2) is 36.6 Å². The summed E-state index contributed by atoms with van der Waals surface area (Å²) in [7, 11) is 0. The summed E-state index contributed by atoms with van der Waals surface area (Å²) in [6.45, 7) is 15.3. The Kier molecular flexibility index (Phi) is 5.94. The molecule has 1 unspecified atom stereocenters. The molecule has 0 saturated carbocycles. The van der Waals surface area contributed by atoms with Crippen LogP contribution in [0.4, 0.5) is 0 Å². The van der Waals surface area contributed by atoms with Crippen molar-refractivity contribution in [3.63, 3.8) is 0 Å². The number of nitrogens with one attached hydrogen (secondary N) is 1. The Morgan fingerprint density at radius 3 is 2.53 bits per heavy atom. The number of rotatable bonds is 5. The Hall–Kier alpha value is -0.0800. The predicted molar refractivity (Wildman–Crippen MR) is 76.4 cm³/mol. The molecule has 0 aromatic carbocycles. The van der Waals surface area contributed by atoms with Crippen molar-refractivity contribution < 1.29 is 0 Å². The number of likely N-dealkylation sites (tertiary alicyclic amines) is 1. The van der Waals surface area contributed by atoms with E-state index in [1.165, 1.54) is 45.3 Å². The molecule has 17 heavy (non-hydrogen) atoms. The van der Waals surface area contributed by atoms with Gasteiger partial charge in [0.25, 0.3) is 0 Å². The van der Waals surface area contributed by atoms with Crippen molar-refractivity contribution in [1.29, 1.82) is 0 Å². The lowest BCUT2D eigenvalue weighted by Gasteiger charge is -2.37. The summed E-state index contributed by atoms with van der Waals surface area (Å²) in [6.07, 6.45) is 5.49. The smallest absolute Gasteiger partial charge is 0.0220 e. The monoisotopic (exact) mass is 240 g/mol. The van der Waals surface area contributed by atoms with Crippen molar-refractivity contribution in [3.8, 4) is 0 Å². The number of hydrogen-bond acceptors (Lipinski definition) is 2. The first kappa shape index (κ1) is 15.0. The van der Waals surface area contributed by atoms with Gasteiger partial charge in [-0.3, -0.25) is 4.90 Å². The minimum absolute atomic E-state index is 0.466. The van der Waals surface area contributed by atoms with Gasteiger partial charge in [0.05, 0.1) is 0 Å². The van der Waals surface area contributed by atoms with Crippen molar-refractivity contribution >= 4 is 0 Å². The van der Waals surface area contributed by atoms with Crippen LogP contribution in [0.15, 0.2) is 0 Å². The molecule has 0 bridgehead atoms. The third-order valence-corrected chi connectivity index (χ3v) is 3.66. The van der Waals surface area contributed by atoms with Crippen molar-refractivity contribution in [2.45, 2.75) is 72.4 Å². The van der Waals surface area contributed by atoms with E-state index in [0.717, 1.165) is 6.04 Å². The zero-order valence-electron chi connectivity index (χ0n) is 12.6. The standard InChI is InChI=1S/C15H32N2/c1-13(2)16-12-14-8-6-7-10-17(14)11-9-15(3,4)5/h13-14,16H,6-12H2,1-5H3. The summed E-state index contributed by atoms with van der Waals surface area (Å²) < 4.78 is 0. The maximum Gasteiger partial charge on any atom is 0.0220 e. The van der Waals surface area contributed by atoms with Crippen LogP contribution in [0.5, 0.6) is 0 Å². The molecule has 1 aliphatic heterocycles. The second kappa shape index (κ2) is 6.75. The highest BCUT2D eigenvalue weighted by Gasteiger charge is 2.23. The van der Waals surface area contributed by atoms with Gasteiger partial charge in [0, 0.05) is 18.6 Å². The van der Waals surface area contributed by atoms with E-state index in [1.54, 1.807) is 0 Å². The minimum atomic E-state index is 0.466. The molecule has 1 fully saturated rings. The van der Waals surface area contributed by atoms with Gasteiger partial charge in [0.2, 0.25) is 0 Å². The minimum Gasteiger partial charge on any atom is -0.313 e. The molecule has 1 heterocycles. The van der Waals surface area contributed by atoms with E-state index in [-0.39, 0.29) is 0 Å². The van der Waals surface area contributed by atoms with Crippen molar-refractivity contribution in [3.05, 3.63) is 0 Å².